The second-order valence-electron chi connectivity index (χ2n) is 14.5. The normalized spacial score (nSPS) is 15.4. The van der Waals surface area contributed by atoms with Crippen LogP contribution in [0.1, 0.15) is 58.5 Å². The highest BCUT2D eigenvalue weighted by Gasteiger charge is 2.28. The highest BCUT2D eigenvalue weighted by Crippen LogP contribution is 2.28. The van der Waals surface area contributed by atoms with E-state index in [4.69, 9.17) is 9.47 Å². The zero-order chi connectivity index (χ0) is 36.5. The minimum absolute atomic E-state index is 0.116. The smallest absolute Gasteiger partial charge is 0.410 e. The van der Waals surface area contributed by atoms with Crippen LogP contribution in [-0.4, -0.2) is 97.5 Å². The monoisotopic (exact) mass is 696 g/mol. The Labute approximate surface area is 296 Å². The molecule has 51 heavy (non-hydrogen) atoms. The van der Waals surface area contributed by atoms with Gasteiger partial charge in [0.05, 0.1) is 28.6 Å². The SMILES string of the molecule is CC(C)(C)OC(=O)N1CC=C(n2c(=O)n(-c3cccc(C(=O)Nc4cnccc4N4CCN(C(=O)OC(C)(C)C)CC4)n3)c3ccccc32)CC1. The third kappa shape index (κ3) is 7.89. The van der Waals surface area contributed by atoms with Crippen molar-refractivity contribution in [2.45, 2.75) is 59.2 Å². The first-order chi connectivity index (χ1) is 24.2. The standard InChI is InChI=1S/C37H44N8O6/c1-36(2,3)50-34(48)42-18-15-25(16-19-42)44-29-11-7-8-12-30(29)45(33(44)47)31-13-9-10-26(39-31)32(46)40-27-24-38-17-14-28(27)41-20-22-43(23-21-41)35(49)51-37(4,5)6/h7-15,17,24H,16,18-23H2,1-6H3,(H,40,46). The third-order valence-electron chi connectivity index (χ3n) is 8.38. The Balaban J connectivity index is 1.22. The highest BCUT2D eigenvalue weighted by atomic mass is 16.6. The van der Waals surface area contributed by atoms with Gasteiger partial charge < -0.3 is 29.5 Å². The lowest BCUT2D eigenvalue weighted by Crippen LogP contribution is -2.50. The molecule has 5 heterocycles. The molecular formula is C37H44N8O6. The largest absolute Gasteiger partial charge is 0.444 e. The second-order valence-corrected chi connectivity index (χ2v) is 14.5. The van der Waals surface area contributed by atoms with Gasteiger partial charge >= 0.3 is 17.9 Å². The van der Waals surface area contributed by atoms with Gasteiger partial charge in [0, 0.05) is 57.6 Å². The number of para-hydroxylation sites is 2. The third-order valence-corrected chi connectivity index (χ3v) is 8.38. The molecule has 14 nitrogen and oxygen atoms in total. The fraction of sp³-hybridized carbons (Fsp3) is 0.405. The number of rotatable bonds is 5. The van der Waals surface area contributed by atoms with Crippen LogP contribution in [0, 0.1) is 0 Å². The molecule has 14 heteroatoms. The van der Waals surface area contributed by atoms with Crippen molar-refractivity contribution in [1.82, 2.24) is 28.9 Å². The van der Waals surface area contributed by atoms with Crippen molar-refractivity contribution in [3.63, 3.8) is 0 Å². The summed E-state index contributed by atoms with van der Waals surface area (Å²) in [5.74, 6) is -0.174. The molecule has 3 amide bonds. The molecule has 1 N–H and O–H groups in total. The molecule has 1 aromatic carbocycles. The molecule has 6 rings (SSSR count). The number of ether oxygens (including phenoxy) is 2. The summed E-state index contributed by atoms with van der Waals surface area (Å²) in [5, 5.41) is 2.95. The number of aromatic nitrogens is 4. The highest BCUT2D eigenvalue weighted by molar-refractivity contribution is 6.04. The van der Waals surface area contributed by atoms with E-state index < -0.39 is 23.2 Å². The number of carbonyl (C=O) groups is 3. The van der Waals surface area contributed by atoms with Crippen LogP contribution in [0.3, 0.4) is 0 Å². The number of fused-ring (bicyclic) bond motifs is 1. The Hall–Kier alpha value is -5.66. The molecule has 0 aliphatic carbocycles. The zero-order valence-corrected chi connectivity index (χ0v) is 29.9. The Morgan fingerprint density at radius 1 is 0.765 bits per heavy atom. The van der Waals surface area contributed by atoms with Crippen LogP contribution in [0.25, 0.3) is 22.5 Å². The van der Waals surface area contributed by atoms with E-state index in [2.05, 4.69) is 20.2 Å². The Kier molecular flexibility index (Phi) is 9.60. The van der Waals surface area contributed by atoms with Crippen molar-refractivity contribution in [1.29, 1.82) is 0 Å². The van der Waals surface area contributed by atoms with Gasteiger partial charge in [0.2, 0.25) is 0 Å². The summed E-state index contributed by atoms with van der Waals surface area (Å²) in [6.45, 7) is 13.7. The van der Waals surface area contributed by atoms with E-state index in [9.17, 15) is 19.2 Å². The van der Waals surface area contributed by atoms with Crippen molar-refractivity contribution >= 4 is 46.2 Å². The molecule has 0 saturated carbocycles. The van der Waals surface area contributed by atoms with Crippen molar-refractivity contribution in [2.24, 2.45) is 0 Å². The number of nitrogens with zero attached hydrogens (tertiary/aromatic N) is 7. The van der Waals surface area contributed by atoms with E-state index in [1.807, 2.05) is 78.0 Å². The number of carbonyl (C=O) groups excluding carboxylic acids is 3. The summed E-state index contributed by atoms with van der Waals surface area (Å²) >= 11 is 0. The molecule has 0 bridgehead atoms. The number of piperazine rings is 1. The summed E-state index contributed by atoms with van der Waals surface area (Å²) in [5.41, 5.74) is 1.94. The Bertz CT molecular complexity index is 2050. The van der Waals surface area contributed by atoms with Crippen LogP contribution in [0.5, 0.6) is 0 Å². The maximum Gasteiger partial charge on any atom is 0.410 e. The van der Waals surface area contributed by atoms with Crippen molar-refractivity contribution in [3.8, 4) is 5.82 Å². The number of amides is 3. The topological polar surface area (TPSA) is 144 Å². The average Bonchev–Trinajstić information content (AvgIpc) is 3.38. The fourth-order valence-corrected chi connectivity index (χ4v) is 6.08. The quantitative estimate of drug-likeness (QED) is 0.291. The number of nitrogens with one attached hydrogen (secondary N) is 1. The molecule has 268 valence electrons. The molecule has 4 aromatic rings. The van der Waals surface area contributed by atoms with E-state index in [1.54, 1.807) is 45.0 Å². The summed E-state index contributed by atoms with van der Waals surface area (Å²) in [4.78, 5) is 67.2. The first-order valence-corrected chi connectivity index (χ1v) is 17.0. The summed E-state index contributed by atoms with van der Waals surface area (Å²) in [7, 11) is 0. The van der Waals surface area contributed by atoms with Crippen LogP contribution in [0.2, 0.25) is 0 Å². The van der Waals surface area contributed by atoms with Gasteiger partial charge in [-0.1, -0.05) is 18.2 Å². The zero-order valence-electron chi connectivity index (χ0n) is 29.9. The van der Waals surface area contributed by atoms with Crippen LogP contribution < -0.4 is 15.9 Å². The summed E-state index contributed by atoms with van der Waals surface area (Å²) in [6, 6.07) is 14.2. The molecule has 3 aromatic heterocycles. The predicted molar refractivity (Wildman–Crippen MR) is 194 cm³/mol. The van der Waals surface area contributed by atoms with Gasteiger partial charge in [-0.25, -0.2) is 23.9 Å². The van der Waals surface area contributed by atoms with E-state index in [1.165, 1.54) is 4.57 Å². The lowest BCUT2D eigenvalue weighted by Gasteiger charge is -2.37. The van der Waals surface area contributed by atoms with E-state index in [-0.39, 0.29) is 17.5 Å². The lowest BCUT2D eigenvalue weighted by atomic mass is 10.2. The van der Waals surface area contributed by atoms with Crippen LogP contribution in [0.4, 0.5) is 21.0 Å². The number of imidazole rings is 1. The van der Waals surface area contributed by atoms with Gasteiger partial charge in [-0.15, -0.1) is 0 Å². The number of pyridine rings is 2. The summed E-state index contributed by atoms with van der Waals surface area (Å²) < 4.78 is 14.2. The number of hydrogen-bond acceptors (Lipinski definition) is 9. The molecule has 2 aliphatic heterocycles. The maximum atomic E-state index is 14.1. The number of hydrogen-bond donors (Lipinski definition) is 1. The van der Waals surface area contributed by atoms with Crippen LogP contribution >= 0.6 is 0 Å². The molecule has 0 unspecified atom stereocenters. The molecule has 0 radical (unpaired) electrons. The predicted octanol–water partition coefficient (Wildman–Crippen LogP) is 5.37. The maximum absolute atomic E-state index is 14.1. The Morgan fingerprint density at radius 3 is 2.04 bits per heavy atom. The summed E-state index contributed by atoms with van der Waals surface area (Å²) in [6.07, 6.45) is 4.81. The van der Waals surface area contributed by atoms with Gasteiger partial charge in [0.1, 0.15) is 22.7 Å². The van der Waals surface area contributed by atoms with E-state index in [0.29, 0.717) is 68.2 Å². The molecule has 1 fully saturated rings. The minimum Gasteiger partial charge on any atom is -0.444 e. The first-order valence-electron chi connectivity index (χ1n) is 17.0. The minimum atomic E-state index is -0.607. The molecule has 2 aliphatic rings. The average molecular weight is 697 g/mol. The van der Waals surface area contributed by atoms with Gasteiger partial charge in [0.15, 0.2) is 0 Å². The lowest BCUT2D eigenvalue weighted by molar-refractivity contribution is 0.0237. The van der Waals surface area contributed by atoms with Crippen LogP contribution in [0.15, 0.2) is 71.8 Å². The van der Waals surface area contributed by atoms with Gasteiger partial charge in [0.25, 0.3) is 5.91 Å². The molecule has 0 spiro atoms. The number of anilines is 2. The van der Waals surface area contributed by atoms with E-state index in [0.717, 1.165) is 11.4 Å². The van der Waals surface area contributed by atoms with Gasteiger partial charge in [-0.05, 0) is 78.0 Å². The fourth-order valence-electron chi connectivity index (χ4n) is 6.08. The Morgan fingerprint density at radius 2 is 1.41 bits per heavy atom. The number of benzene rings is 1. The van der Waals surface area contributed by atoms with Gasteiger partial charge in [-0.2, -0.15) is 0 Å². The van der Waals surface area contributed by atoms with Crippen molar-refractivity contribution < 1.29 is 23.9 Å². The van der Waals surface area contributed by atoms with Gasteiger partial charge in [-0.3, -0.25) is 14.3 Å². The van der Waals surface area contributed by atoms with E-state index >= 15 is 0 Å². The second kappa shape index (κ2) is 13.9. The molecule has 0 atom stereocenters. The molecule has 1 saturated heterocycles. The van der Waals surface area contributed by atoms with Crippen molar-refractivity contribution in [3.05, 3.63) is 83.2 Å². The van der Waals surface area contributed by atoms with Crippen LogP contribution in [-0.2, 0) is 9.47 Å². The first kappa shape index (κ1) is 35.2. The molecular weight excluding hydrogens is 652 g/mol. The van der Waals surface area contributed by atoms with Crippen molar-refractivity contribution in [2.75, 3.05) is 49.5 Å².